The molecular weight excluding hydrogens is 275 g/mol. The van der Waals surface area contributed by atoms with Crippen molar-refractivity contribution in [1.29, 1.82) is 5.26 Å². The van der Waals surface area contributed by atoms with Gasteiger partial charge in [0.15, 0.2) is 0 Å². The molecule has 0 aliphatic heterocycles. The fourth-order valence-corrected chi connectivity index (χ4v) is 1.67. The number of hydrogen-bond donors (Lipinski definition) is 1. The Hall–Kier alpha value is -1.41. The van der Waals surface area contributed by atoms with Crippen LogP contribution < -0.4 is 5.32 Å². The van der Waals surface area contributed by atoms with Crippen molar-refractivity contribution in [2.24, 2.45) is 0 Å². The molecule has 84 valence electrons. The molecule has 3 nitrogen and oxygen atoms in total. The summed E-state index contributed by atoms with van der Waals surface area (Å²) in [6.45, 7) is 0.441. The van der Waals surface area contributed by atoms with E-state index in [2.05, 4.69) is 21.2 Å². The second-order valence-electron chi connectivity index (χ2n) is 3.14. The van der Waals surface area contributed by atoms with Crippen molar-refractivity contribution >= 4 is 21.8 Å². The SMILES string of the molecule is N#CCCCNC(=O)c1ccc(F)cc1Br. The van der Waals surface area contributed by atoms with Gasteiger partial charge in [-0.25, -0.2) is 4.39 Å². The van der Waals surface area contributed by atoms with Gasteiger partial charge in [0.2, 0.25) is 0 Å². The zero-order valence-corrected chi connectivity index (χ0v) is 10.1. The van der Waals surface area contributed by atoms with Crippen molar-refractivity contribution in [3.63, 3.8) is 0 Å². The van der Waals surface area contributed by atoms with Crippen molar-refractivity contribution in [1.82, 2.24) is 5.32 Å². The zero-order chi connectivity index (χ0) is 12.0. The summed E-state index contributed by atoms with van der Waals surface area (Å²) in [5.41, 5.74) is 0.387. The van der Waals surface area contributed by atoms with Crippen LogP contribution in [0, 0.1) is 17.1 Å². The van der Waals surface area contributed by atoms with Gasteiger partial charge in [-0.2, -0.15) is 5.26 Å². The molecule has 0 spiro atoms. The Balaban J connectivity index is 2.57. The van der Waals surface area contributed by atoms with Gasteiger partial charge in [-0.1, -0.05) is 0 Å². The van der Waals surface area contributed by atoms with Crippen LogP contribution in [0.3, 0.4) is 0 Å². The molecule has 0 saturated heterocycles. The number of amides is 1. The van der Waals surface area contributed by atoms with E-state index in [-0.39, 0.29) is 5.91 Å². The first-order valence-corrected chi connectivity index (χ1v) is 5.54. The van der Waals surface area contributed by atoms with Crippen LogP contribution in [0.25, 0.3) is 0 Å². The summed E-state index contributed by atoms with van der Waals surface area (Å²) in [6, 6.07) is 5.88. The quantitative estimate of drug-likeness (QED) is 0.864. The molecule has 1 rings (SSSR count). The zero-order valence-electron chi connectivity index (χ0n) is 8.46. The number of nitrogens with zero attached hydrogens (tertiary/aromatic N) is 1. The van der Waals surface area contributed by atoms with E-state index in [4.69, 9.17) is 5.26 Å². The van der Waals surface area contributed by atoms with E-state index in [9.17, 15) is 9.18 Å². The van der Waals surface area contributed by atoms with Crippen LogP contribution in [0.15, 0.2) is 22.7 Å². The lowest BCUT2D eigenvalue weighted by molar-refractivity contribution is 0.0952. The highest BCUT2D eigenvalue weighted by Gasteiger charge is 2.09. The van der Waals surface area contributed by atoms with Crippen molar-refractivity contribution < 1.29 is 9.18 Å². The van der Waals surface area contributed by atoms with Crippen LogP contribution >= 0.6 is 15.9 Å². The van der Waals surface area contributed by atoms with E-state index in [0.717, 1.165) is 0 Å². The van der Waals surface area contributed by atoms with Crippen LogP contribution in [0.1, 0.15) is 23.2 Å². The molecule has 1 N–H and O–H groups in total. The number of carbonyl (C=O) groups is 1. The minimum absolute atomic E-state index is 0.273. The van der Waals surface area contributed by atoms with E-state index in [1.165, 1.54) is 18.2 Å². The van der Waals surface area contributed by atoms with Gasteiger partial charge < -0.3 is 5.32 Å². The summed E-state index contributed by atoms with van der Waals surface area (Å²) in [5, 5.41) is 11.0. The maximum Gasteiger partial charge on any atom is 0.252 e. The first-order chi connectivity index (χ1) is 7.65. The molecule has 0 unspecified atom stereocenters. The topological polar surface area (TPSA) is 52.9 Å². The van der Waals surface area contributed by atoms with Crippen LogP contribution in [0.5, 0.6) is 0 Å². The Kier molecular flexibility index (Phi) is 4.93. The predicted octanol–water partition coefficient (Wildman–Crippen LogP) is 2.62. The van der Waals surface area contributed by atoms with Crippen molar-refractivity contribution in [3.8, 4) is 6.07 Å². The van der Waals surface area contributed by atoms with Crippen LogP contribution in [-0.4, -0.2) is 12.5 Å². The highest BCUT2D eigenvalue weighted by molar-refractivity contribution is 9.10. The molecule has 0 aliphatic rings. The van der Waals surface area contributed by atoms with Gasteiger partial charge in [-0.3, -0.25) is 4.79 Å². The van der Waals surface area contributed by atoms with Crippen molar-refractivity contribution in [2.75, 3.05) is 6.54 Å². The number of unbranched alkanes of at least 4 members (excludes halogenated alkanes) is 1. The van der Waals surface area contributed by atoms with Crippen LogP contribution in [0.4, 0.5) is 4.39 Å². The smallest absolute Gasteiger partial charge is 0.252 e. The second kappa shape index (κ2) is 6.23. The molecule has 0 radical (unpaired) electrons. The number of rotatable bonds is 4. The maximum atomic E-state index is 12.8. The van der Waals surface area contributed by atoms with Gasteiger partial charge in [0.1, 0.15) is 5.82 Å². The average Bonchev–Trinajstić information content (AvgIpc) is 2.24. The fourth-order valence-electron chi connectivity index (χ4n) is 1.14. The van der Waals surface area contributed by atoms with Gasteiger partial charge in [0.05, 0.1) is 11.6 Å². The number of nitrogens with one attached hydrogen (secondary N) is 1. The standard InChI is InChI=1S/C11H10BrFN2O/c12-10-7-8(13)3-4-9(10)11(16)15-6-2-1-5-14/h3-4,7H,1-2,6H2,(H,15,16). The molecule has 1 amide bonds. The maximum absolute atomic E-state index is 12.8. The summed E-state index contributed by atoms with van der Waals surface area (Å²) in [7, 11) is 0. The van der Waals surface area contributed by atoms with Crippen molar-refractivity contribution in [3.05, 3.63) is 34.1 Å². The highest BCUT2D eigenvalue weighted by Crippen LogP contribution is 2.17. The summed E-state index contributed by atoms with van der Waals surface area (Å²) < 4.78 is 13.2. The highest BCUT2D eigenvalue weighted by atomic mass is 79.9. The summed E-state index contributed by atoms with van der Waals surface area (Å²) in [4.78, 5) is 11.6. The van der Waals surface area contributed by atoms with Gasteiger partial charge in [-0.15, -0.1) is 0 Å². The third-order valence-electron chi connectivity index (χ3n) is 1.93. The van der Waals surface area contributed by atoms with E-state index in [1.54, 1.807) is 0 Å². The molecule has 16 heavy (non-hydrogen) atoms. The van der Waals surface area contributed by atoms with E-state index in [1.807, 2.05) is 6.07 Å². The lowest BCUT2D eigenvalue weighted by Crippen LogP contribution is -2.24. The normalized spacial score (nSPS) is 9.56. The van der Waals surface area contributed by atoms with Gasteiger partial charge in [0.25, 0.3) is 5.91 Å². The van der Waals surface area contributed by atoms with Crippen LogP contribution in [0.2, 0.25) is 0 Å². The largest absolute Gasteiger partial charge is 0.352 e. The average molecular weight is 285 g/mol. The van der Waals surface area contributed by atoms with E-state index >= 15 is 0 Å². The number of halogens is 2. The van der Waals surface area contributed by atoms with Gasteiger partial charge in [0, 0.05) is 17.4 Å². The van der Waals surface area contributed by atoms with E-state index in [0.29, 0.717) is 29.4 Å². The lowest BCUT2D eigenvalue weighted by atomic mass is 10.2. The molecule has 0 fully saturated rings. The molecular formula is C11H10BrFN2O. The minimum Gasteiger partial charge on any atom is -0.352 e. The van der Waals surface area contributed by atoms with Crippen LogP contribution in [-0.2, 0) is 0 Å². The third-order valence-corrected chi connectivity index (χ3v) is 2.58. The molecule has 0 saturated carbocycles. The number of hydrogen-bond acceptors (Lipinski definition) is 2. The number of nitriles is 1. The Morgan fingerprint density at radius 2 is 2.31 bits per heavy atom. The van der Waals surface area contributed by atoms with E-state index < -0.39 is 5.82 Å². The predicted molar refractivity (Wildman–Crippen MR) is 61.3 cm³/mol. The molecule has 0 aliphatic carbocycles. The molecule has 5 heteroatoms. The minimum atomic E-state index is -0.395. The number of benzene rings is 1. The fraction of sp³-hybridized carbons (Fsp3) is 0.273. The monoisotopic (exact) mass is 284 g/mol. The molecule has 0 atom stereocenters. The Labute approximate surface area is 101 Å². The summed E-state index contributed by atoms with van der Waals surface area (Å²) >= 11 is 3.12. The Bertz CT molecular complexity index is 428. The Morgan fingerprint density at radius 3 is 2.94 bits per heavy atom. The molecule has 0 heterocycles. The first-order valence-electron chi connectivity index (χ1n) is 4.75. The van der Waals surface area contributed by atoms with Crippen molar-refractivity contribution in [2.45, 2.75) is 12.8 Å². The summed E-state index contributed by atoms with van der Waals surface area (Å²) in [5.74, 6) is -0.669. The second-order valence-corrected chi connectivity index (χ2v) is 4.00. The molecule has 0 aromatic heterocycles. The third kappa shape index (κ3) is 3.63. The van der Waals surface area contributed by atoms with Gasteiger partial charge >= 0.3 is 0 Å². The summed E-state index contributed by atoms with van der Waals surface area (Å²) in [6.07, 6.45) is 1.02. The molecule has 0 bridgehead atoms. The number of carbonyl (C=O) groups excluding carboxylic acids is 1. The molecule has 1 aromatic rings. The molecule has 1 aromatic carbocycles. The lowest BCUT2D eigenvalue weighted by Gasteiger charge is -2.05. The first kappa shape index (κ1) is 12.7. The Morgan fingerprint density at radius 1 is 1.56 bits per heavy atom. The van der Waals surface area contributed by atoms with Gasteiger partial charge in [-0.05, 0) is 40.5 Å².